The Balaban J connectivity index is 2.12. The third-order valence-electron chi connectivity index (χ3n) is 4.20. The van der Waals surface area contributed by atoms with Crippen LogP contribution in [0.1, 0.15) is 0 Å². The summed E-state index contributed by atoms with van der Waals surface area (Å²) in [6.07, 6.45) is 0. The van der Waals surface area contributed by atoms with Crippen molar-refractivity contribution in [1.29, 1.82) is 0 Å². The molecule has 0 N–H and O–H groups in total. The van der Waals surface area contributed by atoms with Crippen molar-refractivity contribution in [3.63, 3.8) is 0 Å². The van der Waals surface area contributed by atoms with Crippen molar-refractivity contribution in [2.75, 3.05) is 0 Å². The average Bonchev–Trinajstić information content (AvgIpc) is 2.64. The first kappa shape index (κ1) is 14.5. The predicted octanol–water partition coefficient (Wildman–Crippen LogP) is 2.31. The normalized spacial score (nSPS) is 10.8. The van der Waals surface area contributed by atoms with Crippen LogP contribution in [0, 0.1) is 0 Å². The first-order chi connectivity index (χ1) is 11.8. The van der Waals surface area contributed by atoms with Gasteiger partial charge in [-0.3, -0.25) is 4.79 Å². The largest absolute Gasteiger partial charge is 0.279 e. The minimum atomic E-state index is -0.0976. The number of nitrogens with zero attached hydrogens (tertiary/aromatic N) is 2. The van der Waals surface area contributed by atoms with E-state index in [1.165, 1.54) is 4.68 Å². The molecule has 0 unspecified atom stereocenters. The van der Waals surface area contributed by atoms with Gasteiger partial charge in [-0.25, -0.2) is 0 Å². The number of para-hydroxylation sites is 1. The smallest absolute Gasteiger partial charge is 0.267 e. The Kier molecular flexibility index (Phi) is 3.50. The zero-order valence-corrected chi connectivity index (χ0v) is 13.3. The van der Waals surface area contributed by atoms with Crippen molar-refractivity contribution in [3.05, 3.63) is 89.2 Å². The molecule has 0 aliphatic heterocycles. The van der Waals surface area contributed by atoms with Crippen molar-refractivity contribution >= 4 is 24.1 Å². The van der Waals surface area contributed by atoms with Crippen LogP contribution in [0.15, 0.2) is 83.7 Å². The Morgan fingerprint density at radius 1 is 0.750 bits per heavy atom. The molecule has 1 heterocycles. The minimum Gasteiger partial charge on any atom is -0.267 e. The molecule has 24 heavy (non-hydrogen) atoms. The van der Waals surface area contributed by atoms with Crippen LogP contribution < -0.4 is 11.0 Å². The van der Waals surface area contributed by atoms with Crippen molar-refractivity contribution in [2.45, 2.75) is 0 Å². The highest BCUT2D eigenvalue weighted by molar-refractivity contribution is 6.34. The number of hydrogen-bond acceptors (Lipinski definition) is 2. The standard InChI is InChI=1S/C20H15BN2O/c21-17-12-6-7-13-18(17)23-20(24)16-11-5-4-10-15(16)19(22-23)14-8-2-1-3-9-14/h1-13H,21H2. The molecular formula is C20H15BN2O. The molecule has 0 bridgehead atoms. The van der Waals surface area contributed by atoms with Crippen LogP contribution in [0.25, 0.3) is 27.7 Å². The maximum atomic E-state index is 13.0. The lowest BCUT2D eigenvalue weighted by atomic mass is 9.94. The molecule has 0 radical (unpaired) electrons. The van der Waals surface area contributed by atoms with Gasteiger partial charge in [0.25, 0.3) is 5.56 Å². The molecule has 4 heteroatoms. The van der Waals surface area contributed by atoms with Crippen LogP contribution in [-0.4, -0.2) is 17.6 Å². The van der Waals surface area contributed by atoms with Gasteiger partial charge >= 0.3 is 0 Å². The molecule has 114 valence electrons. The molecule has 4 aromatic rings. The lowest BCUT2D eigenvalue weighted by Gasteiger charge is -2.13. The van der Waals surface area contributed by atoms with Gasteiger partial charge in [0.2, 0.25) is 0 Å². The monoisotopic (exact) mass is 310 g/mol. The summed E-state index contributed by atoms with van der Waals surface area (Å²) >= 11 is 0. The summed E-state index contributed by atoms with van der Waals surface area (Å²) in [6, 6.07) is 25.4. The van der Waals surface area contributed by atoms with Crippen LogP contribution in [0.4, 0.5) is 0 Å². The predicted molar refractivity (Wildman–Crippen MR) is 101 cm³/mol. The van der Waals surface area contributed by atoms with Crippen LogP contribution in [0.2, 0.25) is 0 Å². The molecule has 4 rings (SSSR count). The van der Waals surface area contributed by atoms with E-state index < -0.39 is 0 Å². The van der Waals surface area contributed by atoms with E-state index in [-0.39, 0.29) is 5.56 Å². The Hall–Kier alpha value is -3.14. The molecule has 0 saturated carbocycles. The topological polar surface area (TPSA) is 34.9 Å². The van der Waals surface area contributed by atoms with Gasteiger partial charge in [0.15, 0.2) is 0 Å². The van der Waals surface area contributed by atoms with Crippen LogP contribution in [-0.2, 0) is 0 Å². The van der Waals surface area contributed by atoms with Crippen molar-refractivity contribution in [2.24, 2.45) is 0 Å². The fraction of sp³-hybridized carbons (Fsp3) is 0. The molecule has 0 aliphatic rings. The maximum Gasteiger partial charge on any atom is 0.279 e. The summed E-state index contributed by atoms with van der Waals surface area (Å²) in [5.41, 5.74) is 3.54. The summed E-state index contributed by atoms with van der Waals surface area (Å²) in [5, 5.41) is 6.26. The van der Waals surface area contributed by atoms with Gasteiger partial charge in [-0.1, -0.05) is 72.2 Å². The minimum absolute atomic E-state index is 0.0976. The second-order valence-corrected chi connectivity index (χ2v) is 5.76. The van der Waals surface area contributed by atoms with Gasteiger partial charge < -0.3 is 0 Å². The molecule has 0 aliphatic carbocycles. The Bertz CT molecular complexity index is 1090. The van der Waals surface area contributed by atoms with Crippen LogP contribution >= 0.6 is 0 Å². The summed E-state index contributed by atoms with van der Waals surface area (Å²) in [6.45, 7) is 0. The SMILES string of the molecule is Bc1ccccc1-n1nc(-c2ccccc2)c2ccccc2c1=O. The number of aromatic nitrogens is 2. The molecule has 0 fully saturated rings. The lowest BCUT2D eigenvalue weighted by Crippen LogP contribution is -2.27. The summed E-state index contributed by atoms with van der Waals surface area (Å²) < 4.78 is 1.51. The molecular weight excluding hydrogens is 295 g/mol. The molecule has 1 aromatic heterocycles. The Morgan fingerprint density at radius 3 is 2.12 bits per heavy atom. The quantitative estimate of drug-likeness (QED) is 0.533. The fourth-order valence-electron chi connectivity index (χ4n) is 2.96. The summed E-state index contributed by atoms with van der Waals surface area (Å²) in [7, 11) is 1.99. The molecule has 0 atom stereocenters. The molecule has 0 spiro atoms. The second-order valence-electron chi connectivity index (χ2n) is 5.76. The summed E-state index contributed by atoms with van der Waals surface area (Å²) in [4.78, 5) is 13.0. The van der Waals surface area contributed by atoms with E-state index in [1.54, 1.807) is 0 Å². The number of fused-ring (bicyclic) bond motifs is 1. The molecule has 0 amide bonds. The zero-order valence-electron chi connectivity index (χ0n) is 13.3. The van der Waals surface area contributed by atoms with E-state index in [1.807, 2.05) is 86.7 Å². The third kappa shape index (κ3) is 2.33. The second kappa shape index (κ2) is 5.82. The Labute approximate surface area is 140 Å². The van der Waals surface area contributed by atoms with Crippen molar-refractivity contribution in [1.82, 2.24) is 9.78 Å². The summed E-state index contributed by atoms with van der Waals surface area (Å²) in [5.74, 6) is 0. The number of rotatable bonds is 2. The van der Waals surface area contributed by atoms with Gasteiger partial charge in [0.05, 0.1) is 16.8 Å². The van der Waals surface area contributed by atoms with E-state index in [9.17, 15) is 4.79 Å². The van der Waals surface area contributed by atoms with E-state index >= 15 is 0 Å². The van der Waals surface area contributed by atoms with Gasteiger partial charge in [-0.2, -0.15) is 9.78 Å². The van der Waals surface area contributed by atoms with E-state index in [0.717, 1.165) is 27.8 Å². The molecule has 3 nitrogen and oxygen atoms in total. The van der Waals surface area contributed by atoms with Crippen molar-refractivity contribution < 1.29 is 0 Å². The van der Waals surface area contributed by atoms with Gasteiger partial charge in [0, 0.05) is 10.9 Å². The Morgan fingerprint density at radius 2 is 1.38 bits per heavy atom. The highest BCUT2D eigenvalue weighted by atomic mass is 16.1. The maximum absolute atomic E-state index is 13.0. The zero-order chi connectivity index (χ0) is 16.5. The average molecular weight is 310 g/mol. The van der Waals surface area contributed by atoms with Gasteiger partial charge in [0.1, 0.15) is 7.85 Å². The number of benzene rings is 3. The fourth-order valence-corrected chi connectivity index (χ4v) is 2.96. The van der Waals surface area contributed by atoms with Crippen molar-refractivity contribution in [3.8, 4) is 16.9 Å². The van der Waals surface area contributed by atoms with E-state index in [0.29, 0.717) is 5.39 Å². The van der Waals surface area contributed by atoms with E-state index in [2.05, 4.69) is 0 Å². The number of hydrogen-bond donors (Lipinski definition) is 0. The first-order valence-corrected chi connectivity index (χ1v) is 7.89. The molecule has 0 saturated heterocycles. The van der Waals surface area contributed by atoms with Gasteiger partial charge in [-0.05, 0) is 12.1 Å². The highest BCUT2D eigenvalue weighted by Gasteiger charge is 2.13. The van der Waals surface area contributed by atoms with E-state index in [4.69, 9.17) is 5.10 Å². The highest BCUT2D eigenvalue weighted by Crippen LogP contribution is 2.24. The van der Waals surface area contributed by atoms with Gasteiger partial charge in [-0.15, -0.1) is 0 Å². The first-order valence-electron chi connectivity index (χ1n) is 7.89. The van der Waals surface area contributed by atoms with Crippen LogP contribution in [0.3, 0.4) is 0 Å². The molecule has 3 aromatic carbocycles. The van der Waals surface area contributed by atoms with Crippen LogP contribution in [0.5, 0.6) is 0 Å². The third-order valence-corrected chi connectivity index (χ3v) is 4.20. The lowest BCUT2D eigenvalue weighted by molar-refractivity contribution is 0.830.